The maximum atomic E-state index is 11.8. The van der Waals surface area contributed by atoms with Crippen molar-refractivity contribution in [2.24, 2.45) is 5.92 Å². The van der Waals surface area contributed by atoms with Crippen LogP contribution in [-0.4, -0.2) is 11.1 Å². The van der Waals surface area contributed by atoms with E-state index in [1.807, 2.05) is 37.3 Å². The van der Waals surface area contributed by atoms with Gasteiger partial charge >= 0.3 is 0 Å². The largest absolute Gasteiger partial charge is 0.289 e. The van der Waals surface area contributed by atoms with Crippen molar-refractivity contribution in [1.82, 2.24) is 5.48 Å². The van der Waals surface area contributed by atoms with Crippen molar-refractivity contribution in [3.8, 4) is 0 Å². The minimum atomic E-state index is -0.301. The number of rotatable bonds is 3. The fourth-order valence-electron chi connectivity index (χ4n) is 3.00. The van der Waals surface area contributed by atoms with Gasteiger partial charge < -0.3 is 0 Å². The summed E-state index contributed by atoms with van der Waals surface area (Å²) in [6, 6.07) is 18.3. The Kier molecular flexibility index (Phi) is 3.28. The summed E-state index contributed by atoms with van der Waals surface area (Å²) in [4.78, 5) is 11.8. The van der Waals surface area contributed by atoms with Gasteiger partial charge in [-0.1, -0.05) is 60.2 Å². The maximum Gasteiger partial charge on any atom is 0.247 e. The number of carbonyl (C=O) groups is 1. The minimum Gasteiger partial charge on any atom is -0.289 e. The molecule has 1 aliphatic rings. The van der Waals surface area contributed by atoms with Crippen LogP contribution < -0.4 is 5.48 Å². The highest BCUT2D eigenvalue weighted by atomic mass is 16.5. The molecule has 3 nitrogen and oxygen atoms in total. The molecule has 1 fully saturated rings. The van der Waals surface area contributed by atoms with E-state index < -0.39 is 0 Å². The van der Waals surface area contributed by atoms with Gasteiger partial charge in [-0.3, -0.25) is 10.0 Å². The lowest BCUT2D eigenvalue weighted by Gasteiger charge is -2.01. The number of hydroxylamine groups is 1. The Morgan fingerprint density at radius 3 is 2.05 bits per heavy atom. The van der Waals surface area contributed by atoms with Crippen LogP contribution in [-0.2, 0) is 4.79 Å². The van der Waals surface area contributed by atoms with E-state index in [9.17, 15) is 4.79 Å². The molecule has 0 spiro atoms. The molecule has 102 valence electrons. The molecule has 20 heavy (non-hydrogen) atoms. The third kappa shape index (κ3) is 2.21. The lowest BCUT2D eigenvalue weighted by Crippen LogP contribution is -2.21. The summed E-state index contributed by atoms with van der Waals surface area (Å²) in [5, 5.41) is 8.92. The summed E-state index contributed by atoms with van der Waals surface area (Å²) in [6.45, 7) is 2.04. The van der Waals surface area contributed by atoms with E-state index in [-0.39, 0.29) is 23.7 Å². The van der Waals surface area contributed by atoms with Gasteiger partial charge in [0.05, 0.1) is 5.92 Å². The second-order valence-corrected chi connectivity index (χ2v) is 5.37. The van der Waals surface area contributed by atoms with Crippen LogP contribution in [0.1, 0.15) is 28.5 Å². The van der Waals surface area contributed by atoms with Crippen molar-refractivity contribution in [1.29, 1.82) is 0 Å². The van der Waals surface area contributed by atoms with Crippen LogP contribution in [0.3, 0.4) is 0 Å². The first kappa shape index (κ1) is 12.9. The van der Waals surface area contributed by atoms with Crippen molar-refractivity contribution in [3.05, 3.63) is 71.3 Å². The summed E-state index contributed by atoms with van der Waals surface area (Å²) in [5.74, 6) is -0.203. The van der Waals surface area contributed by atoms with Crippen LogP contribution in [0.4, 0.5) is 0 Å². The predicted octanol–water partition coefficient (Wildman–Crippen LogP) is 3.00. The van der Waals surface area contributed by atoms with Gasteiger partial charge in [-0.15, -0.1) is 0 Å². The minimum absolute atomic E-state index is 0.144. The third-order valence-corrected chi connectivity index (χ3v) is 4.08. The Morgan fingerprint density at radius 2 is 1.50 bits per heavy atom. The van der Waals surface area contributed by atoms with Crippen molar-refractivity contribution in [2.45, 2.75) is 18.8 Å². The lowest BCUT2D eigenvalue weighted by atomic mass is 10.0. The van der Waals surface area contributed by atoms with Crippen LogP contribution in [0.5, 0.6) is 0 Å². The van der Waals surface area contributed by atoms with Gasteiger partial charge in [-0.05, 0) is 18.1 Å². The SMILES string of the molecule is Cc1ccc([C@H]2[C@H](C(=O)NO)[C@@H]2c2ccccc2)cc1. The van der Waals surface area contributed by atoms with Gasteiger partial charge in [-0.2, -0.15) is 0 Å². The standard InChI is InChI=1S/C17H17NO2/c1-11-7-9-13(10-8-11)15-14(16(15)17(19)18-20)12-5-3-2-4-6-12/h2-10,14-16,20H,1H3,(H,18,19)/t14-,15-,16-/m1/s1. The number of carbonyl (C=O) groups excluding carboxylic acids is 1. The number of aryl methyl sites for hydroxylation is 1. The molecule has 0 aliphatic heterocycles. The highest BCUT2D eigenvalue weighted by Gasteiger charge is 2.55. The van der Waals surface area contributed by atoms with E-state index >= 15 is 0 Å². The summed E-state index contributed by atoms with van der Waals surface area (Å²) in [6.07, 6.45) is 0. The summed E-state index contributed by atoms with van der Waals surface area (Å²) in [5.41, 5.74) is 5.30. The zero-order chi connectivity index (χ0) is 14.1. The second-order valence-electron chi connectivity index (χ2n) is 5.37. The topological polar surface area (TPSA) is 49.3 Å². The third-order valence-electron chi connectivity index (χ3n) is 4.08. The highest BCUT2D eigenvalue weighted by Crippen LogP contribution is 2.60. The molecule has 0 unspecified atom stereocenters. The van der Waals surface area contributed by atoms with Crippen LogP contribution in [0.15, 0.2) is 54.6 Å². The number of nitrogens with one attached hydrogen (secondary N) is 1. The van der Waals surface area contributed by atoms with Gasteiger partial charge in [0, 0.05) is 11.8 Å². The molecular formula is C17H17NO2. The normalized spacial score (nSPS) is 24.2. The average Bonchev–Trinajstić information content (AvgIpc) is 3.23. The molecule has 3 atom stereocenters. The van der Waals surface area contributed by atoms with Crippen LogP contribution in [0.25, 0.3) is 0 Å². The molecule has 1 amide bonds. The predicted molar refractivity (Wildman–Crippen MR) is 76.5 cm³/mol. The number of hydrogen-bond donors (Lipinski definition) is 2. The molecule has 2 aromatic carbocycles. The van der Waals surface area contributed by atoms with E-state index in [2.05, 4.69) is 24.3 Å². The molecule has 1 aliphatic carbocycles. The summed E-state index contributed by atoms with van der Waals surface area (Å²) < 4.78 is 0. The zero-order valence-electron chi connectivity index (χ0n) is 11.3. The molecule has 3 rings (SSSR count). The maximum absolute atomic E-state index is 11.8. The quantitative estimate of drug-likeness (QED) is 0.663. The molecule has 2 aromatic rings. The number of benzene rings is 2. The fraction of sp³-hybridized carbons (Fsp3) is 0.235. The molecule has 0 bridgehead atoms. The first-order valence-corrected chi connectivity index (χ1v) is 6.78. The van der Waals surface area contributed by atoms with Gasteiger partial charge in [0.25, 0.3) is 0 Å². The van der Waals surface area contributed by atoms with Crippen molar-refractivity contribution in [3.63, 3.8) is 0 Å². The van der Waals surface area contributed by atoms with Crippen molar-refractivity contribution < 1.29 is 10.0 Å². The lowest BCUT2D eigenvalue weighted by molar-refractivity contribution is -0.130. The van der Waals surface area contributed by atoms with Crippen molar-refractivity contribution >= 4 is 5.91 Å². The summed E-state index contributed by atoms with van der Waals surface area (Å²) in [7, 11) is 0. The second kappa shape index (κ2) is 5.10. The van der Waals surface area contributed by atoms with E-state index in [1.54, 1.807) is 5.48 Å². The molecule has 0 heterocycles. The van der Waals surface area contributed by atoms with Crippen molar-refractivity contribution in [2.75, 3.05) is 0 Å². The Bertz CT molecular complexity index is 607. The average molecular weight is 267 g/mol. The van der Waals surface area contributed by atoms with Crippen LogP contribution in [0.2, 0.25) is 0 Å². The first-order valence-electron chi connectivity index (χ1n) is 6.78. The molecule has 3 heteroatoms. The van der Waals surface area contributed by atoms with Crippen LogP contribution >= 0.6 is 0 Å². The van der Waals surface area contributed by atoms with Crippen LogP contribution in [0, 0.1) is 12.8 Å². The van der Waals surface area contributed by atoms with Gasteiger partial charge in [0.1, 0.15) is 0 Å². The van der Waals surface area contributed by atoms with E-state index in [4.69, 9.17) is 5.21 Å². The van der Waals surface area contributed by atoms with Gasteiger partial charge in [0.15, 0.2) is 0 Å². The first-order chi connectivity index (χ1) is 9.72. The molecule has 1 saturated carbocycles. The molecule has 0 aromatic heterocycles. The molecule has 2 N–H and O–H groups in total. The Labute approximate surface area is 118 Å². The summed E-state index contributed by atoms with van der Waals surface area (Å²) >= 11 is 0. The smallest absolute Gasteiger partial charge is 0.247 e. The highest BCUT2D eigenvalue weighted by molar-refractivity contribution is 5.84. The van der Waals surface area contributed by atoms with Gasteiger partial charge in [0.2, 0.25) is 5.91 Å². The van der Waals surface area contributed by atoms with E-state index in [0.717, 1.165) is 11.1 Å². The molecule has 0 saturated heterocycles. The van der Waals surface area contributed by atoms with E-state index in [1.165, 1.54) is 5.56 Å². The molecular weight excluding hydrogens is 250 g/mol. The Balaban J connectivity index is 1.92. The Morgan fingerprint density at radius 1 is 0.950 bits per heavy atom. The van der Waals surface area contributed by atoms with E-state index in [0.29, 0.717) is 0 Å². The van der Waals surface area contributed by atoms with Gasteiger partial charge in [-0.25, -0.2) is 5.48 Å². The Hall–Kier alpha value is -2.13. The fourth-order valence-corrected chi connectivity index (χ4v) is 3.00. The molecule has 0 radical (unpaired) electrons. The number of hydrogen-bond acceptors (Lipinski definition) is 2. The monoisotopic (exact) mass is 267 g/mol. The number of amides is 1. The zero-order valence-corrected chi connectivity index (χ0v) is 11.3.